The first-order valence-corrected chi connectivity index (χ1v) is 12.5. The van der Waals surface area contributed by atoms with Crippen molar-refractivity contribution in [2.45, 2.75) is 97.6 Å². The Bertz CT molecular complexity index is 632. The van der Waals surface area contributed by atoms with Gasteiger partial charge in [-0.2, -0.15) is 0 Å². The van der Waals surface area contributed by atoms with Crippen molar-refractivity contribution < 1.29 is 4.79 Å². The molecule has 3 heteroatoms. The summed E-state index contributed by atoms with van der Waals surface area (Å²) in [7, 11) is 6.58. The predicted molar refractivity (Wildman–Crippen MR) is 121 cm³/mol. The van der Waals surface area contributed by atoms with E-state index in [0.717, 1.165) is 29.7 Å². The van der Waals surface area contributed by atoms with Gasteiger partial charge in [-0.3, -0.25) is 4.79 Å². The van der Waals surface area contributed by atoms with Gasteiger partial charge in [0.2, 0.25) is 5.91 Å². The highest BCUT2D eigenvalue weighted by molar-refractivity contribution is 5.73. The summed E-state index contributed by atoms with van der Waals surface area (Å²) in [6, 6.07) is 1.18. The van der Waals surface area contributed by atoms with E-state index < -0.39 is 0 Å². The fourth-order valence-electron chi connectivity index (χ4n) is 9.09. The fourth-order valence-corrected chi connectivity index (χ4v) is 9.09. The summed E-state index contributed by atoms with van der Waals surface area (Å²) in [6.45, 7) is 9.33. The quantitative estimate of drug-likeness (QED) is 0.627. The van der Waals surface area contributed by atoms with Gasteiger partial charge in [-0.25, -0.2) is 0 Å². The highest BCUT2D eigenvalue weighted by Gasteiger charge is 2.61. The van der Waals surface area contributed by atoms with Crippen LogP contribution >= 0.6 is 0 Å². The molecule has 3 nitrogen and oxygen atoms in total. The van der Waals surface area contributed by atoms with Crippen LogP contribution < -0.4 is 0 Å². The number of fused-ring (bicyclic) bond motifs is 5. The van der Waals surface area contributed by atoms with E-state index in [-0.39, 0.29) is 5.91 Å². The van der Waals surface area contributed by atoms with Crippen molar-refractivity contribution in [3.05, 3.63) is 0 Å². The number of nitrogens with zero attached hydrogens (tertiary/aromatic N) is 2. The summed E-state index contributed by atoms with van der Waals surface area (Å²) in [5.74, 6) is 4.61. The normalized spacial score (nSPS) is 47.9. The summed E-state index contributed by atoms with van der Waals surface area (Å²) in [6.07, 6.45) is 12.7. The van der Waals surface area contributed by atoms with Gasteiger partial charge in [0.15, 0.2) is 0 Å². The standard InChI is InChI=1S/C26H46N2O/c1-17(28(7)18(2)29)22-10-11-23-21-9-8-19-16-20(27(5)6)12-14-25(19,3)24(21)13-15-26(22,23)4/h17,19-24H,8-16H2,1-7H3/t17-,19+,20+,21+,22+,23+,24+,25+,26-/m1/s1. The topological polar surface area (TPSA) is 23.6 Å². The Balaban J connectivity index is 1.53. The molecule has 29 heavy (non-hydrogen) atoms. The Hall–Kier alpha value is -0.570. The molecule has 4 saturated carbocycles. The Morgan fingerprint density at radius 3 is 2.21 bits per heavy atom. The first-order chi connectivity index (χ1) is 13.6. The van der Waals surface area contributed by atoms with E-state index in [1.54, 1.807) is 6.92 Å². The number of hydrogen-bond acceptors (Lipinski definition) is 2. The molecule has 0 N–H and O–H groups in total. The maximum atomic E-state index is 12.0. The van der Waals surface area contributed by atoms with Crippen LogP contribution in [0, 0.1) is 40.4 Å². The molecule has 9 atom stereocenters. The van der Waals surface area contributed by atoms with E-state index in [0.29, 0.717) is 22.8 Å². The third-order valence-corrected chi connectivity index (χ3v) is 11.1. The molecule has 4 rings (SSSR count). The number of amides is 1. The zero-order chi connectivity index (χ0) is 21.1. The monoisotopic (exact) mass is 402 g/mol. The summed E-state index contributed by atoms with van der Waals surface area (Å²) in [5.41, 5.74) is 1.02. The molecule has 4 fully saturated rings. The maximum absolute atomic E-state index is 12.0. The van der Waals surface area contributed by atoms with Crippen LogP contribution in [0.15, 0.2) is 0 Å². The van der Waals surface area contributed by atoms with Crippen LogP contribution in [0.3, 0.4) is 0 Å². The van der Waals surface area contributed by atoms with Crippen molar-refractivity contribution >= 4 is 5.91 Å². The van der Waals surface area contributed by atoms with Crippen LogP contribution in [0.4, 0.5) is 0 Å². The highest BCUT2D eigenvalue weighted by atomic mass is 16.2. The number of rotatable bonds is 3. The Morgan fingerprint density at radius 1 is 0.897 bits per heavy atom. The largest absolute Gasteiger partial charge is 0.343 e. The second-order valence-corrected chi connectivity index (χ2v) is 12.1. The molecule has 0 saturated heterocycles. The fraction of sp³-hybridized carbons (Fsp3) is 0.962. The molecule has 0 aromatic heterocycles. The average Bonchev–Trinajstić information content (AvgIpc) is 3.03. The Morgan fingerprint density at radius 2 is 1.55 bits per heavy atom. The van der Waals surface area contributed by atoms with Gasteiger partial charge in [-0.05, 0) is 119 Å². The van der Waals surface area contributed by atoms with E-state index in [1.165, 1.54) is 57.8 Å². The zero-order valence-corrected chi connectivity index (χ0v) is 20.2. The second kappa shape index (κ2) is 7.53. The Kier molecular flexibility index (Phi) is 5.63. The van der Waals surface area contributed by atoms with Crippen LogP contribution in [-0.2, 0) is 4.79 Å². The van der Waals surface area contributed by atoms with E-state index in [9.17, 15) is 4.79 Å². The summed E-state index contributed by atoms with van der Waals surface area (Å²) >= 11 is 0. The average molecular weight is 403 g/mol. The van der Waals surface area contributed by atoms with Gasteiger partial charge in [0, 0.05) is 26.1 Å². The van der Waals surface area contributed by atoms with E-state index >= 15 is 0 Å². The number of hydrogen-bond donors (Lipinski definition) is 0. The van der Waals surface area contributed by atoms with Gasteiger partial charge in [0.1, 0.15) is 0 Å². The van der Waals surface area contributed by atoms with Crippen molar-refractivity contribution in [2.24, 2.45) is 40.4 Å². The van der Waals surface area contributed by atoms with Gasteiger partial charge in [0.25, 0.3) is 0 Å². The molecule has 0 unspecified atom stereocenters. The van der Waals surface area contributed by atoms with Gasteiger partial charge in [-0.15, -0.1) is 0 Å². The third kappa shape index (κ3) is 3.29. The smallest absolute Gasteiger partial charge is 0.219 e. The molecule has 1 amide bonds. The zero-order valence-electron chi connectivity index (χ0n) is 20.2. The van der Waals surface area contributed by atoms with Crippen molar-refractivity contribution in [2.75, 3.05) is 21.1 Å². The third-order valence-electron chi connectivity index (χ3n) is 11.1. The molecule has 0 aromatic rings. The molecule has 0 aromatic carbocycles. The highest BCUT2D eigenvalue weighted by Crippen LogP contribution is 2.68. The molecule has 0 radical (unpaired) electrons. The lowest BCUT2D eigenvalue weighted by Gasteiger charge is -2.62. The SMILES string of the molecule is CC(=O)N(C)[C@H](C)[C@@H]1CC[C@H]2[C@@H]3CC[C@H]4C[C@@H](N(C)C)CC[C@]4(C)[C@H]3CC[C@@]21C. The lowest BCUT2D eigenvalue weighted by atomic mass is 9.44. The predicted octanol–water partition coefficient (Wildman–Crippen LogP) is 5.44. The minimum Gasteiger partial charge on any atom is -0.343 e. The first kappa shape index (κ1) is 21.7. The lowest BCUT2D eigenvalue weighted by molar-refractivity contribution is -0.135. The van der Waals surface area contributed by atoms with Gasteiger partial charge in [-0.1, -0.05) is 13.8 Å². The Labute approximate surface area is 180 Å². The van der Waals surface area contributed by atoms with Gasteiger partial charge < -0.3 is 9.80 Å². The van der Waals surface area contributed by atoms with Crippen molar-refractivity contribution in [1.82, 2.24) is 9.80 Å². The minimum absolute atomic E-state index is 0.226. The van der Waals surface area contributed by atoms with Gasteiger partial charge >= 0.3 is 0 Å². The molecule has 0 heterocycles. The number of carbonyl (C=O) groups excluding carboxylic acids is 1. The van der Waals surface area contributed by atoms with E-state index in [4.69, 9.17) is 0 Å². The van der Waals surface area contributed by atoms with Crippen LogP contribution in [-0.4, -0.2) is 48.9 Å². The molecule has 166 valence electrons. The molecule has 0 bridgehead atoms. The minimum atomic E-state index is 0.226. The van der Waals surface area contributed by atoms with Crippen LogP contribution in [0.2, 0.25) is 0 Å². The van der Waals surface area contributed by atoms with Crippen LogP contribution in [0.25, 0.3) is 0 Å². The van der Waals surface area contributed by atoms with Crippen molar-refractivity contribution in [3.8, 4) is 0 Å². The van der Waals surface area contributed by atoms with Crippen molar-refractivity contribution in [3.63, 3.8) is 0 Å². The maximum Gasteiger partial charge on any atom is 0.219 e. The summed E-state index contributed by atoms with van der Waals surface area (Å²) < 4.78 is 0. The van der Waals surface area contributed by atoms with Crippen molar-refractivity contribution in [1.29, 1.82) is 0 Å². The van der Waals surface area contributed by atoms with Crippen LogP contribution in [0.1, 0.15) is 85.5 Å². The molecule has 0 spiro atoms. The molecule has 4 aliphatic carbocycles. The lowest BCUT2D eigenvalue weighted by Crippen LogP contribution is -2.56. The van der Waals surface area contributed by atoms with Crippen LogP contribution in [0.5, 0.6) is 0 Å². The van der Waals surface area contributed by atoms with E-state index in [2.05, 4.69) is 39.8 Å². The molecule has 0 aliphatic heterocycles. The first-order valence-electron chi connectivity index (χ1n) is 12.5. The summed E-state index contributed by atoms with van der Waals surface area (Å²) in [5, 5.41) is 0. The molecule has 4 aliphatic rings. The number of carbonyl (C=O) groups is 1. The summed E-state index contributed by atoms with van der Waals surface area (Å²) in [4.78, 5) is 16.5. The molecular weight excluding hydrogens is 356 g/mol. The molecular formula is C26H46N2O. The van der Waals surface area contributed by atoms with E-state index in [1.807, 2.05) is 11.9 Å². The van der Waals surface area contributed by atoms with Gasteiger partial charge in [0.05, 0.1) is 0 Å². The second-order valence-electron chi connectivity index (χ2n) is 12.1.